The van der Waals surface area contributed by atoms with Gasteiger partial charge in [0, 0.05) is 25.0 Å². The second kappa shape index (κ2) is 9.48. The normalized spacial score (nSPS) is 16.8. The summed E-state index contributed by atoms with van der Waals surface area (Å²) in [4.78, 5) is 28.1. The molecule has 0 bridgehead atoms. The van der Waals surface area contributed by atoms with Gasteiger partial charge in [0.25, 0.3) is 0 Å². The van der Waals surface area contributed by atoms with Crippen molar-refractivity contribution in [2.75, 3.05) is 33.2 Å². The van der Waals surface area contributed by atoms with E-state index in [0.29, 0.717) is 12.5 Å². The average Bonchev–Trinajstić information content (AvgIpc) is 2.38. The van der Waals surface area contributed by atoms with Gasteiger partial charge < -0.3 is 10.2 Å². The highest BCUT2D eigenvalue weighted by Gasteiger charge is 2.28. The molecule has 1 saturated heterocycles. The number of nitrogens with one attached hydrogen (secondary N) is 1. The van der Waals surface area contributed by atoms with Crippen molar-refractivity contribution in [3.63, 3.8) is 0 Å². The number of carbonyl (C=O) groups is 2. The maximum Gasteiger partial charge on any atom is 0.234 e. The number of piperidine rings is 1. The molecule has 0 spiro atoms. The SMILES string of the molecule is CC(C)NC(=O)CN1CCC(CN(C)C(=O)C(C)(C)C)CC1.Cl. The fraction of sp³-hybridized carbons (Fsp3) is 0.882. The van der Waals surface area contributed by atoms with Crippen LogP contribution in [0.1, 0.15) is 47.5 Å². The van der Waals surface area contributed by atoms with Crippen LogP contribution in [0.3, 0.4) is 0 Å². The molecular weight excluding hydrogens is 314 g/mol. The summed E-state index contributed by atoms with van der Waals surface area (Å²) < 4.78 is 0. The number of hydrogen-bond acceptors (Lipinski definition) is 3. The van der Waals surface area contributed by atoms with Crippen molar-refractivity contribution in [3.05, 3.63) is 0 Å². The van der Waals surface area contributed by atoms with E-state index in [2.05, 4.69) is 10.2 Å². The predicted octanol–water partition coefficient (Wildman–Crippen LogP) is 2.15. The summed E-state index contributed by atoms with van der Waals surface area (Å²) in [5.41, 5.74) is -0.315. The minimum atomic E-state index is -0.315. The first-order valence-electron chi connectivity index (χ1n) is 8.37. The first-order chi connectivity index (χ1) is 10.1. The summed E-state index contributed by atoms with van der Waals surface area (Å²) in [7, 11) is 1.90. The van der Waals surface area contributed by atoms with Gasteiger partial charge in [-0.3, -0.25) is 14.5 Å². The summed E-state index contributed by atoms with van der Waals surface area (Å²) >= 11 is 0. The van der Waals surface area contributed by atoms with Crippen molar-refractivity contribution in [1.29, 1.82) is 0 Å². The molecule has 0 unspecified atom stereocenters. The van der Waals surface area contributed by atoms with Gasteiger partial charge in [0.1, 0.15) is 0 Å². The molecule has 0 aromatic rings. The average molecular weight is 348 g/mol. The van der Waals surface area contributed by atoms with E-state index >= 15 is 0 Å². The van der Waals surface area contributed by atoms with Crippen LogP contribution in [0, 0.1) is 11.3 Å². The Balaban J connectivity index is 0.00000484. The molecule has 1 aliphatic heterocycles. The molecule has 0 aromatic heterocycles. The van der Waals surface area contributed by atoms with E-state index in [9.17, 15) is 9.59 Å². The minimum absolute atomic E-state index is 0. The Morgan fingerprint density at radius 3 is 2.17 bits per heavy atom. The highest BCUT2D eigenvalue weighted by molar-refractivity contribution is 5.85. The molecule has 0 saturated carbocycles. The summed E-state index contributed by atoms with van der Waals surface area (Å²) in [6.45, 7) is 13.0. The highest BCUT2D eigenvalue weighted by Crippen LogP contribution is 2.21. The van der Waals surface area contributed by atoms with Crippen LogP contribution < -0.4 is 5.32 Å². The van der Waals surface area contributed by atoms with E-state index in [-0.39, 0.29) is 35.7 Å². The summed E-state index contributed by atoms with van der Waals surface area (Å²) in [5, 5.41) is 2.93. The lowest BCUT2D eigenvalue weighted by atomic mass is 9.92. The second-order valence-electron chi connectivity index (χ2n) is 7.88. The van der Waals surface area contributed by atoms with Gasteiger partial charge in [0.15, 0.2) is 0 Å². The van der Waals surface area contributed by atoms with Crippen LogP contribution in [-0.2, 0) is 9.59 Å². The molecule has 136 valence electrons. The van der Waals surface area contributed by atoms with Gasteiger partial charge in [-0.2, -0.15) is 0 Å². The molecule has 0 atom stereocenters. The van der Waals surface area contributed by atoms with Crippen molar-refractivity contribution in [2.24, 2.45) is 11.3 Å². The molecule has 1 heterocycles. The van der Waals surface area contributed by atoms with Crippen molar-refractivity contribution >= 4 is 24.2 Å². The number of rotatable bonds is 5. The van der Waals surface area contributed by atoms with Gasteiger partial charge in [-0.05, 0) is 45.7 Å². The van der Waals surface area contributed by atoms with Gasteiger partial charge in [-0.25, -0.2) is 0 Å². The Bertz CT molecular complexity index is 386. The topological polar surface area (TPSA) is 52.7 Å². The Morgan fingerprint density at radius 2 is 1.74 bits per heavy atom. The first kappa shape index (κ1) is 22.2. The second-order valence-corrected chi connectivity index (χ2v) is 7.88. The van der Waals surface area contributed by atoms with E-state index in [4.69, 9.17) is 0 Å². The van der Waals surface area contributed by atoms with E-state index in [1.165, 1.54) is 0 Å². The van der Waals surface area contributed by atoms with Crippen LogP contribution >= 0.6 is 12.4 Å². The van der Waals surface area contributed by atoms with Crippen LogP contribution in [-0.4, -0.2) is 60.9 Å². The third-order valence-electron chi connectivity index (χ3n) is 4.04. The molecular formula is C17H34ClN3O2. The first-order valence-corrected chi connectivity index (χ1v) is 8.37. The number of nitrogens with zero attached hydrogens (tertiary/aromatic N) is 2. The smallest absolute Gasteiger partial charge is 0.234 e. The quantitative estimate of drug-likeness (QED) is 0.829. The molecule has 2 amide bonds. The largest absolute Gasteiger partial charge is 0.353 e. The molecule has 0 radical (unpaired) electrons. The zero-order chi connectivity index (χ0) is 16.9. The fourth-order valence-corrected chi connectivity index (χ4v) is 2.94. The lowest BCUT2D eigenvalue weighted by molar-refractivity contribution is -0.138. The molecule has 23 heavy (non-hydrogen) atoms. The minimum Gasteiger partial charge on any atom is -0.353 e. The summed E-state index contributed by atoms with van der Waals surface area (Å²) in [6.07, 6.45) is 2.10. The molecule has 0 aliphatic carbocycles. The van der Waals surface area contributed by atoms with Gasteiger partial charge in [-0.1, -0.05) is 20.8 Å². The number of likely N-dealkylation sites (tertiary alicyclic amines) is 1. The van der Waals surface area contributed by atoms with Crippen LogP contribution in [0.4, 0.5) is 0 Å². The molecule has 1 aliphatic rings. The number of carbonyl (C=O) groups excluding carboxylic acids is 2. The van der Waals surface area contributed by atoms with Gasteiger partial charge in [0.05, 0.1) is 6.54 Å². The van der Waals surface area contributed by atoms with Crippen molar-refractivity contribution in [1.82, 2.24) is 15.1 Å². The summed E-state index contributed by atoms with van der Waals surface area (Å²) in [6, 6.07) is 0.196. The van der Waals surface area contributed by atoms with E-state index < -0.39 is 0 Å². The zero-order valence-electron chi connectivity index (χ0n) is 15.5. The van der Waals surface area contributed by atoms with E-state index in [1.54, 1.807) is 0 Å². The van der Waals surface area contributed by atoms with Crippen LogP contribution in [0.5, 0.6) is 0 Å². The maximum absolute atomic E-state index is 12.2. The standard InChI is InChI=1S/C17H33N3O2.ClH/c1-13(2)18-15(21)12-20-9-7-14(8-10-20)11-19(6)16(22)17(3,4)5;/h13-14H,7-12H2,1-6H3,(H,18,21);1H. The Kier molecular flexibility index (Phi) is 9.14. The Labute approximate surface area is 147 Å². The molecule has 1 rings (SSSR count). The summed E-state index contributed by atoms with van der Waals surface area (Å²) in [5.74, 6) is 0.848. The monoisotopic (exact) mass is 347 g/mol. The fourth-order valence-electron chi connectivity index (χ4n) is 2.94. The maximum atomic E-state index is 12.2. The predicted molar refractivity (Wildman–Crippen MR) is 96.8 cm³/mol. The zero-order valence-corrected chi connectivity index (χ0v) is 16.3. The highest BCUT2D eigenvalue weighted by atomic mass is 35.5. The third-order valence-corrected chi connectivity index (χ3v) is 4.04. The van der Waals surface area contributed by atoms with E-state index in [0.717, 1.165) is 32.5 Å². The number of halogens is 1. The molecule has 1 fully saturated rings. The van der Waals surface area contributed by atoms with E-state index in [1.807, 2.05) is 46.6 Å². The molecule has 6 heteroatoms. The molecule has 1 N–H and O–H groups in total. The van der Waals surface area contributed by atoms with Crippen LogP contribution in [0.25, 0.3) is 0 Å². The number of amides is 2. The van der Waals surface area contributed by atoms with Gasteiger partial charge >= 0.3 is 0 Å². The molecule has 0 aromatic carbocycles. The Hall–Kier alpha value is -0.810. The van der Waals surface area contributed by atoms with Gasteiger partial charge in [-0.15, -0.1) is 12.4 Å². The van der Waals surface area contributed by atoms with Gasteiger partial charge in [0.2, 0.25) is 11.8 Å². The van der Waals surface area contributed by atoms with Crippen LogP contribution in [0.2, 0.25) is 0 Å². The Morgan fingerprint density at radius 1 is 1.22 bits per heavy atom. The lowest BCUT2D eigenvalue weighted by Crippen LogP contribution is -2.45. The van der Waals surface area contributed by atoms with Crippen molar-refractivity contribution < 1.29 is 9.59 Å². The van der Waals surface area contributed by atoms with Crippen molar-refractivity contribution in [2.45, 2.75) is 53.5 Å². The van der Waals surface area contributed by atoms with Crippen LogP contribution in [0.15, 0.2) is 0 Å². The lowest BCUT2D eigenvalue weighted by Gasteiger charge is -2.35. The van der Waals surface area contributed by atoms with Crippen molar-refractivity contribution in [3.8, 4) is 0 Å². The molecule has 5 nitrogen and oxygen atoms in total. The third kappa shape index (κ3) is 8.02. The number of hydrogen-bond donors (Lipinski definition) is 1.